The fourth-order valence-electron chi connectivity index (χ4n) is 4.91. The van der Waals surface area contributed by atoms with Crippen molar-refractivity contribution in [2.45, 2.75) is 92.0 Å². The van der Waals surface area contributed by atoms with E-state index >= 15 is 0 Å². The molecule has 0 aliphatic carbocycles. The average Bonchev–Trinajstić information content (AvgIpc) is 2.99. The summed E-state index contributed by atoms with van der Waals surface area (Å²) < 4.78 is 9.81. The number of likely N-dealkylation sites (tertiary alicyclic amines) is 3. The minimum atomic E-state index is 0.161. The van der Waals surface area contributed by atoms with E-state index < -0.39 is 0 Å². The first-order valence-corrected chi connectivity index (χ1v) is 14.9. The molecule has 4 rings (SSSR count). The molecule has 218 valence electrons. The van der Waals surface area contributed by atoms with Gasteiger partial charge in [-0.05, 0) is 72.4 Å². The van der Waals surface area contributed by atoms with Crippen molar-refractivity contribution in [1.82, 2.24) is 14.7 Å². The van der Waals surface area contributed by atoms with Crippen molar-refractivity contribution in [2.75, 3.05) is 59.2 Å². The Labute approximate surface area is 232 Å². The second-order valence-corrected chi connectivity index (χ2v) is 10.1. The Hall–Kier alpha value is -1.96. The van der Waals surface area contributed by atoms with Crippen LogP contribution < -0.4 is 0 Å². The van der Waals surface area contributed by atoms with Crippen LogP contribution in [0, 0.1) is 13.8 Å². The molecule has 0 saturated carbocycles. The Morgan fingerprint density at radius 2 is 1.34 bits per heavy atom. The lowest BCUT2D eigenvalue weighted by atomic mass is 10.00. The van der Waals surface area contributed by atoms with Crippen molar-refractivity contribution in [3.05, 3.63) is 35.4 Å². The molecule has 0 aromatic heterocycles. The molecule has 1 amide bonds. The van der Waals surface area contributed by atoms with Gasteiger partial charge in [-0.25, -0.2) is 0 Å². The maximum atomic E-state index is 11.8. The van der Waals surface area contributed by atoms with Gasteiger partial charge in [0.05, 0.1) is 0 Å². The number of piperidine rings is 3. The van der Waals surface area contributed by atoms with Crippen LogP contribution in [0.3, 0.4) is 0 Å². The summed E-state index contributed by atoms with van der Waals surface area (Å²) in [6.07, 6.45) is 10.2. The van der Waals surface area contributed by atoms with Gasteiger partial charge in [0, 0.05) is 38.8 Å². The van der Waals surface area contributed by atoms with Crippen LogP contribution in [-0.4, -0.2) is 92.3 Å². The molecule has 7 heteroatoms. The lowest BCUT2D eigenvalue weighted by Gasteiger charge is -2.40. The van der Waals surface area contributed by atoms with Crippen molar-refractivity contribution < 1.29 is 19.1 Å². The summed E-state index contributed by atoms with van der Waals surface area (Å²) in [4.78, 5) is 28.4. The van der Waals surface area contributed by atoms with Crippen molar-refractivity contribution in [3.63, 3.8) is 0 Å². The van der Waals surface area contributed by atoms with Crippen LogP contribution in [0.5, 0.6) is 0 Å². The molecule has 7 nitrogen and oxygen atoms in total. The molecule has 3 fully saturated rings. The van der Waals surface area contributed by atoms with Gasteiger partial charge in [-0.3, -0.25) is 14.5 Å². The maximum absolute atomic E-state index is 11.8. The van der Waals surface area contributed by atoms with Gasteiger partial charge in [0.25, 0.3) is 6.47 Å². The lowest BCUT2D eigenvalue weighted by molar-refractivity contribution is -0.137. The van der Waals surface area contributed by atoms with Crippen molar-refractivity contribution in [3.8, 4) is 0 Å². The highest BCUT2D eigenvalue weighted by molar-refractivity contribution is 5.77. The number of ether oxygens (including phenoxy) is 2. The third-order valence-corrected chi connectivity index (χ3v) is 7.15. The summed E-state index contributed by atoms with van der Waals surface area (Å²) in [5.41, 5.74) is 2.66. The SMILES string of the molecule is CC.CCOCC(=O)N1CCC(N2CCCCC2)CC1.Cc1ccc(C)cc1.O=COCN1CCCCC1. The summed E-state index contributed by atoms with van der Waals surface area (Å²) in [6, 6.07) is 9.19. The highest BCUT2D eigenvalue weighted by atomic mass is 16.5. The van der Waals surface area contributed by atoms with E-state index in [2.05, 4.69) is 52.6 Å². The molecule has 1 aromatic carbocycles. The molecule has 1 aromatic rings. The number of carbonyl (C=O) groups is 2. The van der Waals surface area contributed by atoms with Crippen molar-refractivity contribution >= 4 is 12.4 Å². The van der Waals surface area contributed by atoms with Crippen LogP contribution in [-0.2, 0) is 19.1 Å². The monoisotopic (exact) mass is 533 g/mol. The quantitative estimate of drug-likeness (QED) is 0.436. The van der Waals surface area contributed by atoms with Crippen LogP contribution in [0.1, 0.15) is 83.3 Å². The minimum absolute atomic E-state index is 0.161. The number of rotatable bonds is 7. The van der Waals surface area contributed by atoms with Crippen molar-refractivity contribution in [2.24, 2.45) is 0 Å². The molecule has 3 saturated heterocycles. The van der Waals surface area contributed by atoms with Crippen molar-refractivity contribution in [1.29, 1.82) is 0 Å². The number of benzene rings is 1. The van der Waals surface area contributed by atoms with Gasteiger partial charge in [0.2, 0.25) is 5.91 Å². The Morgan fingerprint density at radius 1 is 0.842 bits per heavy atom. The molecule has 0 bridgehead atoms. The van der Waals surface area contributed by atoms with E-state index in [1.807, 2.05) is 25.7 Å². The first-order chi connectivity index (χ1) is 18.5. The van der Waals surface area contributed by atoms with E-state index in [1.165, 1.54) is 62.7 Å². The zero-order valence-electron chi connectivity index (χ0n) is 25.0. The fraction of sp³-hybridized carbons (Fsp3) is 0.742. The number of aryl methyl sites for hydroxylation is 2. The van der Waals surface area contributed by atoms with Gasteiger partial charge in [0.15, 0.2) is 0 Å². The third-order valence-electron chi connectivity index (χ3n) is 7.15. The van der Waals surface area contributed by atoms with Crippen LogP contribution in [0.4, 0.5) is 0 Å². The second kappa shape index (κ2) is 21.9. The highest BCUT2D eigenvalue weighted by Gasteiger charge is 2.27. The molecule has 3 heterocycles. The topological polar surface area (TPSA) is 62.3 Å². The van der Waals surface area contributed by atoms with E-state index in [0.717, 1.165) is 39.0 Å². The molecule has 0 radical (unpaired) electrons. The Kier molecular flexibility index (Phi) is 19.6. The third kappa shape index (κ3) is 14.8. The minimum Gasteiger partial charge on any atom is -0.452 e. The lowest BCUT2D eigenvalue weighted by Crippen LogP contribution is -2.48. The van der Waals surface area contributed by atoms with E-state index in [9.17, 15) is 9.59 Å². The predicted octanol–water partition coefficient (Wildman–Crippen LogP) is 5.43. The van der Waals surface area contributed by atoms with Crippen LogP contribution >= 0.6 is 0 Å². The number of hydrogen-bond donors (Lipinski definition) is 0. The standard InChI is InChI=1S/C14H26N2O2.C8H10.C7H13NO2.C2H6/c1-2-18-12-14(17)16-10-6-13(7-11-16)15-8-4-3-5-9-15;1-7-3-5-8(2)6-4-7;9-7-10-6-8-4-2-1-3-5-8;1-2/h13H,2-12H2,1H3;3-6H,1-2H3;7H,1-6H2;1-2H3. The van der Waals surface area contributed by atoms with E-state index in [0.29, 0.717) is 25.9 Å². The molecule has 0 atom stereocenters. The molecule has 3 aliphatic heterocycles. The van der Waals surface area contributed by atoms with Gasteiger partial charge in [-0.15, -0.1) is 0 Å². The number of carbonyl (C=O) groups excluding carboxylic acids is 2. The van der Waals surface area contributed by atoms with Gasteiger partial charge >= 0.3 is 0 Å². The van der Waals surface area contributed by atoms with E-state index in [1.54, 1.807) is 0 Å². The van der Waals surface area contributed by atoms with Crippen LogP contribution in [0.15, 0.2) is 24.3 Å². The smallest absolute Gasteiger partial charge is 0.294 e. The first kappa shape index (κ1) is 34.1. The largest absolute Gasteiger partial charge is 0.452 e. The summed E-state index contributed by atoms with van der Waals surface area (Å²) >= 11 is 0. The summed E-state index contributed by atoms with van der Waals surface area (Å²) in [5.74, 6) is 0.161. The Balaban J connectivity index is 0.000000304. The van der Waals surface area contributed by atoms with Crippen LogP contribution in [0.25, 0.3) is 0 Å². The summed E-state index contributed by atoms with van der Waals surface area (Å²) in [7, 11) is 0. The molecule has 3 aliphatic rings. The van der Waals surface area contributed by atoms with Crippen LogP contribution in [0.2, 0.25) is 0 Å². The molecule has 0 unspecified atom stereocenters. The molecule has 0 spiro atoms. The predicted molar refractivity (Wildman–Crippen MR) is 156 cm³/mol. The highest BCUT2D eigenvalue weighted by Crippen LogP contribution is 2.20. The Morgan fingerprint density at radius 3 is 1.82 bits per heavy atom. The second-order valence-electron chi connectivity index (χ2n) is 10.1. The Bertz CT molecular complexity index is 687. The maximum Gasteiger partial charge on any atom is 0.294 e. The van der Waals surface area contributed by atoms with Gasteiger partial charge in [-0.2, -0.15) is 0 Å². The number of hydrogen-bond acceptors (Lipinski definition) is 6. The molecular formula is C31H55N3O4. The van der Waals surface area contributed by atoms with Gasteiger partial charge in [-0.1, -0.05) is 62.1 Å². The molecule has 0 N–H and O–H groups in total. The number of nitrogens with zero attached hydrogens (tertiary/aromatic N) is 3. The zero-order chi connectivity index (χ0) is 28.0. The number of amides is 1. The molecular weight excluding hydrogens is 478 g/mol. The molecule has 38 heavy (non-hydrogen) atoms. The zero-order valence-corrected chi connectivity index (χ0v) is 25.0. The summed E-state index contributed by atoms with van der Waals surface area (Å²) in [6.45, 7) is 18.5. The van der Waals surface area contributed by atoms with E-state index in [-0.39, 0.29) is 12.5 Å². The van der Waals surface area contributed by atoms with Gasteiger partial charge < -0.3 is 19.3 Å². The fourth-order valence-corrected chi connectivity index (χ4v) is 4.91. The van der Waals surface area contributed by atoms with Gasteiger partial charge in [0.1, 0.15) is 13.3 Å². The first-order valence-electron chi connectivity index (χ1n) is 14.9. The van der Waals surface area contributed by atoms with E-state index in [4.69, 9.17) is 4.74 Å². The average molecular weight is 534 g/mol. The normalized spacial score (nSPS) is 18.5. The summed E-state index contributed by atoms with van der Waals surface area (Å²) in [5, 5.41) is 0.